The predicted molar refractivity (Wildman–Crippen MR) is 81.6 cm³/mol. The molecule has 0 spiro atoms. The maximum absolute atomic E-state index is 10.9. The molecule has 0 bridgehead atoms. The first-order valence-corrected chi connectivity index (χ1v) is 6.77. The van der Waals surface area contributed by atoms with Crippen molar-refractivity contribution in [1.82, 2.24) is 5.32 Å². The van der Waals surface area contributed by atoms with Crippen LogP contribution in [0.15, 0.2) is 29.8 Å². The zero-order valence-electron chi connectivity index (χ0n) is 12.7. The summed E-state index contributed by atoms with van der Waals surface area (Å²) in [7, 11) is 1.63. The van der Waals surface area contributed by atoms with Crippen molar-refractivity contribution in [3.63, 3.8) is 0 Å². The molecule has 0 amide bonds. The molecular formula is C15H22N2O4. The van der Waals surface area contributed by atoms with E-state index in [1.165, 1.54) is 12.1 Å². The molecule has 0 aliphatic heterocycles. The molecule has 0 aliphatic rings. The Bertz CT molecular complexity index is 496. The van der Waals surface area contributed by atoms with Crippen LogP contribution in [0.2, 0.25) is 0 Å². The molecule has 116 valence electrons. The van der Waals surface area contributed by atoms with E-state index in [1.54, 1.807) is 13.2 Å². The van der Waals surface area contributed by atoms with Gasteiger partial charge in [-0.3, -0.25) is 10.1 Å². The zero-order chi connectivity index (χ0) is 15.7. The molecule has 0 aliphatic carbocycles. The minimum absolute atomic E-state index is 0.0631. The zero-order valence-corrected chi connectivity index (χ0v) is 12.7. The number of methoxy groups -OCH3 is 1. The van der Waals surface area contributed by atoms with Crippen LogP contribution in [-0.2, 0) is 11.3 Å². The summed E-state index contributed by atoms with van der Waals surface area (Å²) in [4.78, 5) is 10.5. The van der Waals surface area contributed by atoms with E-state index in [0.717, 1.165) is 11.1 Å². The van der Waals surface area contributed by atoms with Crippen LogP contribution < -0.4 is 10.1 Å². The number of ether oxygens (including phenoxy) is 2. The second kappa shape index (κ2) is 9.10. The molecule has 1 rings (SSSR count). The first kappa shape index (κ1) is 17.1. The highest BCUT2D eigenvalue weighted by Gasteiger charge is 2.11. The highest BCUT2D eigenvalue weighted by molar-refractivity contribution is 5.43. The second-order valence-electron chi connectivity index (χ2n) is 4.81. The van der Waals surface area contributed by atoms with Crippen LogP contribution in [0.5, 0.6) is 5.75 Å². The van der Waals surface area contributed by atoms with Crippen LogP contribution in [0, 0.1) is 10.1 Å². The number of nitrogens with one attached hydrogen (secondary N) is 1. The first-order valence-electron chi connectivity index (χ1n) is 6.77. The molecule has 0 saturated heterocycles. The number of hydrogen-bond donors (Lipinski definition) is 1. The summed E-state index contributed by atoms with van der Waals surface area (Å²) in [6, 6.07) is 4.64. The molecule has 0 unspecified atom stereocenters. The van der Waals surface area contributed by atoms with Gasteiger partial charge in [0, 0.05) is 37.9 Å². The minimum Gasteiger partial charge on any atom is -0.489 e. The van der Waals surface area contributed by atoms with E-state index < -0.39 is 4.92 Å². The molecular weight excluding hydrogens is 272 g/mol. The van der Waals surface area contributed by atoms with Crippen molar-refractivity contribution in [3.8, 4) is 5.75 Å². The smallest absolute Gasteiger partial charge is 0.270 e. The normalized spacial score (nSPS) is 10.2. The molecule has 21 heavy (non-hydrogen) atoms. The van der Waals surface area contributed by atoms with E-state index in [2.05, 4.69) is 5.32 Å². The lowest BCUT2D eigenvalue weighted by Crippen LogP contribution is -2.19. The van der Waals surface area contributed by atoms with E-state index >= 15 is 0 Å². The summed E-state index contributed by atoms with van der Waals surface area (Å²) in [5.74, 6) is 0.656. The maximum Gasteiger partial charge on any atom is 0.270 e. The summed E-state index contributed by atoms with van der Waals surface area (Å²) in [5.41, 5.74) is 1.99. The van der Waals surface area contributed by atoms with Gasteiger partial charge in [0.1, 0.15) is 12.4 Å². The van der Waals surface area contributed by atoms with Crippen LogP contribution >= 0.6 is 0 Å². The van der Waals surface area contributed by atoms with Gasteiger partial charge < -0.3 is 14.8 Å². The average Bonchev–Trinajstić information content (AvgIpc) is 2.44. The Morgan fingerprint density at radius 2 is 2.19 bits per heavy atom. The van der Waals surface area contributed by atoms with Crippen molar-refractivity contribution < 1.29 is 14.4 Å². The van der Waals surface area contributed by atoms with Gasteiger partial charge in [-0.15, -0.1) is 0 Å². The number of allylic oxidation sites excluding steroid dienone is 1. The Kier molecular flexibility index (Phi) is 7.42. The summed E-state index contributed by atoms with van der Waals surface area (Å²) in [6.45, 7) is 6.19. The van der Waals surface area contributed by atoms with Gasteiger partial charge in [-0.2, -0.15) is 0 Å². The van der Waals surface area contributed by atoms with Gasteiger partial charge >= 0.3 is 0 Å². The monoisotopic (exact) mass is 294 g/mol. The Morgan fingerprint density at radius 3 is 2.81 bits per heavy atom. The van der Waals surface area contributed by atoms with Gasteiger partial charge in [-0.1, -0.05) is 5.57 Å². The summed E-state index contributed by atoms with van der Waals surface area (Å²) in [6.07, 6.45) is 1.96. The molecule has 0 aromatic heterocycles. The summed E-state index contributed by atoms with van der Waals surface area (Å²) >= 11 is 0. The predicted octanol–water partition coefficient (Wildman–Crippen LogP) is 2.68. The third kappa shape index (κ3) is 6.37. The van der Waals surface area contributed by atoms with Crippen molar-refractivity contribution >= 4 is 5.69 Å². The van der Waals surface area contributed by atoms with E-state index in [-0.39, 0.29) is 5.69 Å². The van der Waals surface area contributed by atoms with Gasteiger partial charge in [-0.05, 0) is 26.0 Å². The van der Waals surface area contributed by atoms with Gasteiger partial charge in [0.05, 0.1) is 11.5 Å². The molecule has 1 N–H and O–H groups in total. The fraction of sp³-hybridized carbons (Fsp3) is 0.467. The first-order chi connectivity index (χ1) is 10.0. The molecule has 0 heterocycles. The Labute approximate surface area is 124 Å². The number of nitro benzene ring substituents is 1. The quantitative estimate of drug-likeness (QED) is 0.328. The van der Waals surface area contributed by atoms with Crippen molar-refractivity contribution in [1.29, 1.82) is 0 Å². The van der Waals surface area contributed by atoms with Crippen molar-refractivity contribution in [2.75, 3.05) is 26.9 Å². The van der Waals surface area contributed by atoms with Gasteiger partial charge in [0.15, 0.2) is 0 Å². The van der Waals surface area contributed by atoms with Crippen LogP contribution in [-0.4, -0.2) is 31.8 Å². The highest BCUT2D eigenvalue weighted by Crippen LogP contribution is 2.24. The van der Waals surface area contributed by atoms with Gasteiger partial charge in [0.25, 0.3) is 5.69 Å². The second-order valence-corrected chi connectivity index (χ2v) is 4.81. The number of benzene rings is 1. The fourth-order valence-corrected chi connectivity index (χ4v) is 1.65. The molecule has 1 aromatic carbocycles. The summed E-state index contributed by atoms with van der Waals surface area (Å²) < 4.78 is 10.6. The fourth-order valence-electron chi connectivity index (χ4n) is 1.65. The lowest BCUT2D eigenvalue weighted by molar-refractivity contribution is -0.384. The van der Waals surface area contributed by atoms with Gasteiger partial charge in [-0.25, -0.2) is 0 Å². The molecule has 6 nitrogen and oxygen atoms in total. The number of nitro groups is 1. The average molecular weight is 294 g/mol. The van der Waals surface area contributed by atoms with Crippen molar-refractivity contribution in [3.05, 3.63) is 45.5 Å². The molecule has 0 fully saturated rings. The number of rotatable bonds is 9. The SMILES string of the molecule is COCCNCc1cc([N+](=O)[O-])ccc1OCC=C(C)C. The number of hydrogen-bond acceptors (Lipinski definition) is 5. The molecule has 0 saturated carbocycles. The lowest BCUT2D eigenvalue weighted by atomic mass is 10.1. The van der Waals surface area contributed by atoms with E-state index in [9.17, 15) is 10.1 Å². The third-order valence-electron chi connectivity index (χ3n) is 2.78. The van der Waals surface area contributed by atoms with Crippen LogP contribution in [0.3, 0.4) is 0 Å². The topological polar surface area (TPSA) is 73.6 Å². The Balaban J connectivity index is 2.78. The standard InChI is InChI=1S/C15H22N2O4/c1-12(2)6-8-21-15-5-4-14(17(18)19)10-13(15)11-16-7-9-20-3/h4-6,10,16H,7-9,11H2,1-3H3. The number of non-ortho nitro benzene ring substituents is 1. The largest absolute Gasteiger partial charge is 0.489 e. The molecule has 1 aromatic rings. The summed E-state index contributed by atoms with van der Waals surface area (Å²) in [5, 5.41) is 14.0. The van der Waals surface area contributed by atoms with Crippen molar-refractivity contribution in [2.24, 2.45) is 0 Å². The van der Waals surface area contributed by atoms with Gasteiger partial charge in [0.2, 0.25) is 0 Å². The van der Waals surface area contributed by atoms with Crippen LogP contribution in [0.1, 0.15) is 19.4 Å². The minimum atomic E-state index is -0.404. The lowest BCUT2D eigenvalue weighted by Gasteiger charge is -2.11. The molecule has 6 heteroatoms. The van der Waals surface area contributed by atoms with Crippen LogP contribution in [0.25, 0.3) is 0 Å². The number of nitrogens with zero attached hydrogens (tertiary/aromatic N) is 1. The molecule has 0 radical (unpaired) electrons. The van der Waals surface area contributed by atoms with Crippen LogP contribution in [0.4, 0.5) is 5.69 Å². The van der Waals surface area contributed by atoms with E-state index in [0.29, 0.717) is 32.1 Å². The highest BCUT2D eigenvalue weighted by atomic mass is 16.6. The Hall–Kier alpha value is -1.92. The van der Waals surface area contributed by atoms with E-state index in [1.807, 2.05) is 19.9 Å². The third-order valence-corrected chi connectivity index (χ3v) is 2.78. The van der Waals surface area contributed by atoms with Crippen molar-refractivity contribution in [2.45, 2.75) is 20.4 Å². The molecule has 0 atom stereocenters. The van der Waals surface area contributed by atoms with E-state index in [4.69, 9.17) is 9.47 Å². The Morgan fingerprint density at radius 1 is 1.43 bits per heavy atom. The maximum atomic E-state index is 10.9.